The number of thiazole rings is 1. The third-order valence-electron chi connectivity index (χ3n) is 4.11. The van der Waals surface area contributed by atoms with Crippen LogP contribution in [-0.4, -0.2) is 25.7 Å². The zero-order chi connectivity index (χ0) is 19.7. The lowest BCUT2D eigenvalue weighted by molar-refractivity contribution is 0.0979. The summed E-state index contributed by atoms with van der Waals surface area (Å²) in [6, 6.07) is 8.95. The quantitative estimate of drug-likeness (QED) is 0.508. The van der Waals surface area contributed by atoms with Crippen molar-refractivity contribution >= 4 is 32.6 Å². The number of pyridine rings is 1. The Morgan fingerprint density at radius 1 is 1.25 bits per heavy atom. The first-order chi connectivity index (χ1) is 13.5. The number of hydrogen-bond donors (Lipinski definition) is 0. The lowest BCUT2D eigenvalue weighted by atomic mass is 10.3. The van der Waals surface area contributed by atoms with E-state index in [-0.39, 0.29) is 22.9 Å². The Balaban J connectivity index is 1.78. The average molecular weight is 399 g/mol. The Bertz CT molecular complexity index is 1140. The van der Waals surface area contributed by atoms with E-state index >= 15 is 0 Å². The summed E-state index contributed by atoms with van der Waals surface area (Å²) >= 11 is 1.04. The predicted octanol–water partition coefficient (Wildman–Crippen LogP) is 4.03. The molecule has 3 aromatic heterocycles. The zero-order valence-corrected chi connectivity index (χ0v) is 15.7. The van der Waals surface area contributed by atoms with Gasteiger partial charge in [0.25, 0.3) is 5.91 Å². The Labute approximate surface area is 163 Å². The minimum absolute atomic E-state index is 0.0271. The molecule has 0 saturated carbocycles. The lowest BCUT2D eigenvalue weighted by Crippen LogP contribution is -2.31. The molecule has 0 N–H and O–H groups in total. The maximum absolute atomic E-state index is 14.1. The Morgan fingerprint density at radius 2 is 2.11 bits per heavy atom. The third-order valence-corrected chi connectivity index (χ3v) is 5.13. The molecule has 0 radical (unpaired) electrons. The van der Waals surface area contributed by atoms with E-state index in [0.29, 0.717) is 16.9 Å². The molecule has 0 aliphatic rings. The van der Waals surface area contributed by atoms with Gasteiger partial charge >= 0.3 is 0 Å². The second-order valence-electron chi connectivity index (χ2n) is 6.00. The second-order valence-corrected chi connectivity index (χ2v) is 7.01. The molecule has 0 spiro atoms. The molecule has 0 unspecified atom stereocenters. The van der Waals surface area contributed by atoms with E-state index < -0.39 is 17.5 Å². The number of carbonyl (C=O) groups is 1. The van der Waals surface area contributed by atoms with Gasteiger partial charge in [0.15, 0.2) is 16.6 Å². The summed E-state index contributed by atoms with van der Waals surface area (Å²) < 4.78 is 29.6. The van der Waals surface area contributed by atoms with E-state index in [9.17, 15) is 13.6 Å². The molecule has 0 atom stereocenters. The number of aryl methyl sites for hydroxylation is 1. The minimum atomic E-state index is -0.766. The summed E-state index contributed by atoms with van der Waals surface area (Å²) in [6.07, 6.45) is 3.33. The molecule has 28 heavy (non-hydrogen) atoms. The molecule has 1 amide bonds. The molecule has 142 valence electrons. The number of aromatic nitrogens is 4. The molecular weight excluding hydrogens is 384 g/mol. The summed E-state index contributed by atoms with van der Waals surface area (Å²) in [6.45, 7) is 2.67. The monoisotopic (exact) mass is 399 g/mol. The van der Waals surface area contributed by atoms with Crippen molar-refractivity contribution in [2.45, 2.75) is 20.0 Å². The molecule has 4 aromatic rings. The fourth-order valence-corrected chi connectivity index (χ4v) is 3.73. The number of nitrogens with zero attached hydrogens (tertiary/aromatic N) is 5. The van der Waals surface area contributed by atoms with Crippen LogP contribution in [0.1, 0.15) is 23.1 Å². The first kappa shape index (κ1) is 18.2. The Kier molecular flexibility index (Phi) is 4.82. The van der Waals surface area contributed by atoms with Gasteiger partial charge in [0.1, 0.15) is 11.3 Å². The van der Waals surface area contributed by atoms with Crippen molar-refractivity contribution in [2.75, 3.05) is 4.90 Å². The van der Waals surface area contributed by atoms with Crippen LogP contribution in [0.15, 0.2) is 48.8 Å². The normalized spacial score (nSPS) is 11.1. The summed E-state index contributed by atoms with van der Waals surface area (Å²) in [5.41, 5.74) is 0.902. The number of carbonyl (C=O) groups excluding carboxylic acids is 1. The van der Waals surface area contributed by atoms with Crippen LogP contribution in [-0.2, 0) is 13.1 Å². The topological polar surface area (TPSA) is 63.9 Å². The van der Waals surface area contributed by atoms with Crippen molar-refractivity contribution in [1.82, 2.24) is 19.7 Å². The number of hydrogen-bond acceptors (Lipinski definition) is 5. The van der Waals surface area contributed by atoms with E-state index in [1.165, 1.54) is 11.0 Å². The fourth-order valence-electron chi connectivity index (χ4n) is 2.73. The van der Waals surface area contributed by atoms with Crippen molar-refractivity contribution in [2.24, 2.45) is 0 Å². The maximum atomic E-state index is 14.1. The first-order valence-electron chi connectivity index (χ1n) is 8.56. The molecular formula is C19H15F2N5OS. The molecule has 4 rings (SSSR count). The van der Waals surface area contributed by atoms with Gasteiger partial charge in [-0.1, -0.05) is 17.4 Å². The van der Waals surface area contributed by atoms with Gasteiger partial charge in [-0.2, -0.15) is 5.10 Å². The predicted molar refractivity (Wildman–Crippen MR) is 102 cm³/mol. The van der Waals surface area contributed by atoms with Crippen LogP contribution in [0.5, 0.6) is 0 Å². The first-order valence-corrected chi connectivity index (χ1v) is 9.37. The second kappa shape index (κ2) is 7.43. The van der Waals surface area contributed by atoms with Crippen molar-refractivity contribution in [3.63, 3.8) is 0 Å². The van der Waals surface area contributed by atoms with Crippen LogP contribution in [0.25, 0.3) is 10.2 Å². The van der Waals surface area contributed by atoms with Crippen LogP contribution in [0.4, 0.5) is 13.9 Å². The SMILES string of the molecule is CCn1ccc(C(=O)N(Cc2ccccn2)c2nc3c(F)cc(F)cc3s2)n1. The summed E-state index contributed by atoms with van der Waals surface area (Å²) in [5, 5.41) is 4.50. The van der Waals surface area contributed by atoms with Crippen molar-refractivity contribution in [3.8, 4) is 0 Å². The Morgan fingerprint density at radius 3 is 2.82 bits per heavy atom. The highest BCUT2D eigenvalue weighted by Crippen LogP contribution is 2.32. The number of benzene rings is 1. The van der Waals surface area contributed by atoms with Gasteiger partial charge in [-0.25, -0.2) is 13.8 Å². The summed E-state index contributed by atoms with van der Waals surface area (Å²) in [5.74, 6) is -1.85. The van der Waals surface area contributed by atoms with Crippen LogP contribution in [0.3, 0.4) is 0 Å². The molecule has 0 aliphatic carbocycles. The largest absolute Gasteiger partial charge is 0.280 e. The van der Waals surface area contributed by atoms with E-state index in [4.69, 9.17) is 0 Å². The van der Waals surface area contributed by atoms with Gasteiger partial charge < -0.3 is 0 Å². The molecule has 1 aromatic carbocycles. The average Bonchev–Trinajstić information content (AvgIpc) is 3.33. The molecule has 0 saturated heterocycles. The number of amides is 1. The molecule has 6 nitrogen and oxygen atoms in total. The van der Waals surface area contributed by atoms with E-state index in [2.05, 4.69) is 15.1 Å². The number of fused-ring (bicyclic) bond motifs is 1. The molecule has 0 bridgehead atoms. The number of rotatable bonds is 5. The lowest BCUT2D eigenvalue weighted by Gasteiger charge is -2.18. The number of halogens is 2. The summed E-state index contributed by atoms with van der Waals surface area (Å²) in [4.78, 5) is 23.0. The highest BCUT2D eigenvalue weighted by molar-refractivity contribution is 7.22. The highest BCUT2D eigenvalue weighted by atomic mass is 32.1. The van der Waals surface area contributed by atoms with Crippen LogP contribution >= 0.6 is 11.3 Å². The van der Waals surface area contributed by atoms with Crippen LogP contribution in [0, 0.1) is 11.6 Å². The highest BCUT2D eigenvalue weighted by Gasteiger charge is 2.25. The van der Waals surface area contributed by atoms with E-state index in [1.54, 1.807) is 35.3 Å². The molecule has 0 fully saturated rings. The van der Waals surface area contributed by atoms with Gasteiger partial charge in [-0.15, -0.1) is 0 Å². The van der Waals surface area contributed by atoms with E-state index in [0.717, 1.165) is 17.4 Å². The van der Waals surface area contributed by atoms with Crippen molar-refractivity contribution in [1.29, 1.82) is 0 Å². The standard InChI is InChI=1S/C19H15F2N5OS/c1-2-25-8-6-15(24-25)18(27)26(11-13-5-3-4-7-22-13)19-23-17-14(21)9-12(20)10-16(17)28-19/h3-10H,2,11H2,1H3. The third kappa shape index (κ3) is 3.48. The van der Waals surface area contributed by atoms with Gasteiger partial charge in [-0.3, -0.25) is 19.4 Å². The zero-order valence-electron chi connectivity index (χ0n) is 14.8. The maximum Gasteiger partial charge on any atom is 0.280 e. The Hall–Kier alpha value is -3.20. The molecule has 0 aliphatic heterocycles. The fraction of sp³-hybridized carbons (Fsp3) is 0.158. The van der Waals surface area contributed by atoms with Gasteiger partial charge in [0.05, 0.1) is 16.9 Å². The summed E-state index contributed by atoms with van der Waals surface area (Å²) in [7, 11) is 0. The van der Waals surface area contributed by atoms with Crippen LogP contribution < -0.4 is 4.90 Å². The molecule has 9 heteroatoms. The van der Waals surface area contributed by atoms with Crippen molar-refractivity contribution < 1.29 is 13.6 Å². The smallest absolute Gasteiger partial charge is 0.276 e. The van der Waals surface area contributed by atoms with Crippen molar-refractivity contribution in [3.05, 3.63) is 71.8 Å². The van der Waals surface area contributed by atoms with Gasteiger partial charge in [0, 0.05) is 25.0 Å². The van der Waals surface area contributed by atoms with Crippen LogP contribution in [0.2, 0.25) is 0 Å². The van der Waals surface area contributed by atoms with E-state index in [1.807, 2.05) is 13.0 Å². The van der Waals surface area contributed by atoms with Gasteiger partial charge in [0.2, 0.25) is 0 Å². The van der Waals surface area contributed by atoms with Gasteiger partial charge in [-0.05, 0) is 31.2 Å². The molecule has 3 heterocycles. The number of anilines is 1. The minimum Gasteiger partial charge on any atom is -0.276 e.